The van der Waals surface area contributed by atoms with E-state index >= 15 is 0 Å². The maximum absolute atomic E-state index is 11.7. The molecule has 1 N–H and O–H groups in total. The van der Waals surface area contributed by atoms with Crippen molar-refractivity contribution in [2.24, 2.45) is 0 Å². The number of carbonyl (C=O) groups excluding carboxylic acids is 1. The van der Waals surface area contributed by atoms with E-state index < -0.39 is 5.60 Å². The van der Waals surface area contributed by atoms with Crippen LogP contribution in [-0.4, -0.2) is 23.8 Å². The zero-order valence-electron chi connectivity index (χ0n) is 13.1. The Labute approximate surface area is 126 Å². The summed E-state index contributed by atoms with van der Waals surface area (Å²) in [6, 6.07) is 10.1. The van der Waals surface area contributed by atoms with Gasteiger partial charge in [-0.1, -0.05) is 18.2 Å². The van der Waals surface area contributed by atoms with Crippen molar-refractivity contribution < 1.29 is 14.3 Å². The number of carbonyl (C=O) groups is 1. The van der Waals surface area contributed by atoms with Crippen LogP contribution in [-0.2, 0) is 4.74 Å². The first-order chi connectivity index (χ1) is 9.92. The van der Waals surface area contributed by atoms with Crippen LogP contribution in [0, 0.1) is 0 Å². The molecule has 0 spiro atoms. The Kier molecular flexibility index (Phi) is 5.10. The van der Waals surface area contributed by atoms with Gasteiger partial charge >= 0.3 is 6.09 Å². The van der Waals surface area contributed by atoms with Gasteiger partial charge in [-0.05, 0) is 58.6 Å². The Balaban J connectivity index is 1.72. The molecule has 1 aromatic rings. The van der Waals surface area contributed by atoms with Crippen LogP contribution < -0.4 is 10.1 Å². The molecule has 0 radical (unpaired) electrons. The summed E-state index contributed by atoms with van der Waals surface area (Å²) in [5.74, 6) is 0.918. The molecule has 0 aliphatic heterocycles. The third kappa shape index (κ3) is 5.66. The van der Waals surface area contributed by atoms with Gasteiger partial charge in [0.05, 0.1) is 6.10 Å². The quantitative estimate of drug-likeness (QED) is 0.918. The summed E-state index contributed by atoms with van der Waals surface area (Å²) in [7, 11) is 0. The van der Waals surface area contributed by atoms with Crippen molar-refractivity contribution in [3.8, 4) is 5.75 Å². The Morgan fingerprint density at radius 2 is 1.71 bits per heavy atom. The molecular formula is C17H25NO3. The van der Waals surface area contributed by atoms with E-state index in [9.17, 15) is 4.79 Å². The van der Waals surface area contributed by atoms with E-state index in [1.807, 2.05) is 51.1 Å². The minimum Gasteiger partial charge on any atom is -0.490 e. The monoisotopic (exact) mass is 291 g/mol. The standard InChI is InChI=1S/C17H25NO3/c1-17(2,3)21-16(19)18-13-9-11-15(12-10-13)20-14-7-5-4-6-8-14/h4-8,13,15H,9-12H2,1-3H3,(H,18,19)/t13-,15-. The Morgan fingerprint density at radius 3 is 2.29 bits per heavy atom. The highest BCUT2D eigenvalue weighted by Gasteiger charge is 2.25. The van der Waals surface area contributed by atoms with Crippen molar-refractivity contribution in [2.75, 3.05) is 0 Å². The predicted octanol–water partition coefficient (Wildman–Crippen LogP) is 3.90. The molecule has 1 amide bonds. The zero-order valence-corrected chi connectivity index (χ0v) is 13.1. The molecule has 0 aromatic heterocycles. The van der Waals surface area contributed by atoms with E-state index in [0.717, 1.165) is 31.4 Å². The topological polar surface area (TPSA) is 47.6 Å². The lowest BCUT2D eigenvalue weighted by molar-refractivity contribution is 0.0471. The number of amides is 1. The summed E-state index contributed by atoms with van der Waals surface area (Å²) in [6.45, 7) is 5.62. The van der Waals surface area contributed by atoms with Crippen molar-refractivity contribution in [3.63, 3.8) is 0 Å². The summed E-state index contributed by atoms with van der Waals surface area (Å²) >= 11 is 0. The van der Waals surface area contributed by atoms with Crippen molar-refractivity contribution >= 4 is 6.09 Å². The Morgan fingerprint density at radius 1 is 1.10 bits per heavy atom. The smallest absolute Gasteiger partial charge is 0.407 e. The molecule has 116 valence electrons. The Bertz CT molecular complexity index is 445. The number of para-hydroxylation sites is 1. The summed E-state index contributed by atoms with van der Waals surface area (Å²) in [5.41, 5.74) is -0.447. The van der Waals surface area contributed by atoms with Gasteiger partial charge in [0.2, 0.25) is 0 Å². The minimum atomic E-state index is -0.447. The minimum absolute atomic E-state index is 0.190. The molecule has 1 fully saturated rings. The average molecular weight is 291 g/mol. The molecule has 2 rings (SSSR count). The summed E-state index contributed by atoms with van der Waals surface area (Å²) in [6.07, 6.45) is 3.68. The highest BCUT2D eigenvalue weighted by atomic mass is 16.6. The van der Waals surface area contributed by atoms with Gasteiger partial charge in [0, 0.05) is 6.04 Å². The van der Waals surface area contributed by atoms with E-state index in [4.69, 9.17) is 9.47 Å². The molecule has 0 bridgehead atoms. The lowest BCUT2D eigenvalue weighted by atomic mass is 9.93. The molecule has 0 saturated heterocycles. The molecule has 4 heteroatoms. The van der Waals surface area contributed by atoms with E-state index in [-0.39, 0.29) is 18.2 Å². The third-order valence-corrected chi connectivity index (χ3v) is 3.44. The van der Waals surface area contributed by atoms with Crippen molar-refractivity contribution in [1.29, 1.82) is 0 Å². The van der Waals surface area contributed by atoms with E-state index in [0.29, 0.717) is 0 Å². The van der Waals surface area contributed by atoms with Gasteiger partial charge in [0.1, 0.15) is 11.4 Å². The van der Waals surface area contributed by atoms with Gasteiger partial charge in [-0.25, -0.2) is 4.79 Å². The maximum atomic E-state index is 11.7. The van der Waals surface area contributed by atoms with E-state index in [1.165, 1.54) is 0 Å². The average Bonchev–Trinajstić information content (AvgIpc) is 2.40. The number of hydrogen-bond donors (Lipinski definition) is 1. The van der Waals surface area contributed by atoms with Gasteiger partial charge in [0.25, 0.3) is 0 Å². The SMILES string of the molecule is CC(C)(C)OC(=O)N[C@H]1CC[C@H](Oc2ccccc2)CC1. The molecule has 1 aliphatic carbocycles. The molecule has 1 aliphatic rings. The van der Waals surface area contributed by atoms with Crippen LogP contribution in [0.25, 0.3) is 0 Å². The van der Waals surface area contributed by atoms with Crippen LogP contribution >= 0.6 is 0 Å². The lowest BCUT2D eigenvalue weighted by Crippen LogP contribution is -2.42. The van der Waals surface area contributed by atoms with Crippen LogP contribution in [0.15, 0.2) is 30.3 Å². The van der Waals surface area contributed by atoms with Gasteiger partial charge in [-0.15, -0.1) is 0 Å². The number of hydrogen-bond acceptors (Lipinski definition) is 3. The second kappa shape index (κ2) is 6.83. The summed E-state index contributed by atoms with van der Waals surface area (Å²) in [4.78, 5) is 11.7. The van der Waals surface area contributed by atoms with Crippen molar-refractivity contribution in [2.45, 2.75) is 64.2 Å². The maximum Gasteiger partial charge on any atom is 0.407 e. The van der Waals surface area contributed by atoms with Crippen LogP contribution in [0.3, 0.4) is 0 Å². The molecule has 4 nitrogen and oxygen atoms in total. The number of ether oxygens (including phenoxy) is 2. The van der Waals surface area contributed by atoms with Crippen LogP contribution in [0.2, 0.25) is 0 Å². The van der Waals surface area contributed by atoms with Crippen LogP contribution in [0.4, 0.5) is 4.79 Å². The van der Waals surface area contributed by atoms with Crippen LogP contribution in [0.1, 0.15) is 46.5 Å². The summed E-state index contributed by atoms with van der Waals surface area (Å²) in [5, 5.41) is 2.94. The second-order valence-electron chi connectivity index (χ2n) is 6.55. The number of rotatable bonds is 3. The predicted molar refractivity (Wildman–Crippen MR) is 82.5 cm³/mol. The zero-order chi connectivity index (χ0) is 15.3. The fraction of sp³-hybridized carbons (Fsp3) is 0.588. The molecule has 0 unspecified atom stereocenters. The van der Waals surface area contributed by atoms with Gasteiger partial charge < -0.3 is 14.8 Å². The van der Waals surface area contributed by atoms with E-state index in [2.05, 4.69) is 5.32 Å². The lowest BCUT2D eigenvalue weighted by Gasteiger charge is -2.30. The Hall–Kier alpha value is -1.71. The van der Waals surface area contributed by atoms with Crippen LogP contribution in [0.5, 0.6) is 5.75 Å². The molecular weight excluding hydrogens is 266 g/mol. The number of benzene rings is 1. The molecule has 0 atom stereocenters. The van der Waals surface area contributed by atoms with Crippen molar-refractivity contribution in [3.05, 3.63) is 30.3 Å². The number of nitrogens with one attached hydrogen (secondary N) is 1. The first kappa shape index (κ1) is 15.7. The molecule has 21 heavy (non-hydrogen) atoms. The molecule has 0 heterocycles. The van der Waals surface area contributed by atoms with E-state index in [1.54, 1.807) is 0 Å². The van der Waals surface area contributed by atoms with Gasteiger partial charge in [0.15, 0.2) is 0 Å². The first-order valence-electron chi connectivity index (χ1n) is 7.63. The second-order valence-corrected chi connectivity index (χ2v) is 6.55. The normalized spacial score (nSPS) is 22.4. The summed E-state index contributed by atoms with van der Waals surface area (Å²) < 4.78 is 11.2. The highest BCUT2D eigenvalue weighted by Crippen LogP contribution is 2.24. The van der Waals surface area contributed by atoms with Gasteiger partial charge in [-0.2, -0.15) is 0 Å². The third-order valence-electron chi connectivity index (χ3n) is 3.44. The fourth-order valence-electron chi connectivity index (χ4n) is 2.49. The van der Waals surface area contributed by atoms with Gasteiger partial charge in [-0.3, -0.25) is 0 Å². The largest absolute Gasteiger partial charge is 0.490 e. The molecule has 1 aromatic carbocycles. The van der Waals surface area contributed by atoms with Crippen molar-refractivity contribution in [1.82, 2.24) is 5.32 Å². The highest BCUT2D eigenvalue weighted by molar-refractivity contribution is 5.68. The number of alkyl carbamates (subject to hydrolysis) is 1. The fourth-order valence-corrected chi connectivity index (χ4v) is 2.49. The molecule has 1 saturated carbocycles. The first-order valence-corrected chi connectivity index (χ1v) is 7.63.